The molecule has 1 fully saturated rings. The number of nitrogens with zero attached hydrogens (tertiary/aromatic N) is 1. The number of piperidine rings is 1. The number of carbonyl (C=O) groups is 1. The Bertz CT molecular complexity index is 632. The molecule has 2 unspecified atom stereocenters. The van der Waals surface area contributed by atoms with Crippen LogP contribution in [-0.2, 0) is 14.8 Å². The highest BCUT2D eigenvalue weighted by Gasteiger charge is 2.40. The van der Waals surface area contributed by atoms with Gasteiger partial charge in [-0.05, 0) is 37.0 Å². The highest BCUT2D eigenvalue weighted by Crippen LogP contribution is 2.31. The van der Waals surface area contributed by atoms with Crippen LogP contribution in [0.5, 0.6) is 0 Å². The van der Waals surface area contributed by atoms with Crippen molar-refractivity contribution in [2.75, 3.05) is 6.54 Å². The third kappa shape index (κ3) is 3.39. The summed E-state index contributed by atoms with van der Waals surface area (Å²) in [6.45, 7) is 2.22. The second kappa shape index (κ2) is 6.34. The molecule has 1 heterocycles. The van der Waals surface area contributed by atoms with Gasteiger partial charge in [0.25, 0.3) is 0 Å². The standard InChI is InChI=1S/C14H18ClNO4S/c1-2-10-6-7-16(13(8-10)14(17)18)21(19,20)12-5-3-4-11(15)9-12/h3-5,9-10,13H,2,6-8H2,1H3,(H,17,18). The quantitative estimate of drug-likeness (QED) is 0.920. The molecule has 0 aromatic heterocycles. The molecule has 1 N–H and O–H groups in total. The predicted octanol–water partition coefficient (Wildman–Crippen LogP) is 2.60. The molecule has 0 saturated carbocycles. The summed E-state index contributed by atoms with van der Waals surface area (Å²) in [4.78, 5) is 11.5. The second-order valence-electron chi connectivity index (χ2n) is 5.23. The molecule has 1 aliphatic rings. The monoisotopic (exact) mass is 331 g/mol. The fraction of sp³-hybridized carbons (Fsp3) is 0.500. The molecule has 2 atom stereocenters. The van der Waals surface area contributed by atoms with Crippen LogP contribution in [-0.4, -0.2) is 36.4 Å². The Hall–Kier alpha value is -1.11. The van der Waals surface area contributed by atoms with E-state index in [1.165, 1.54) is 12.1 Å². The second-order valence-corrected chi connectivity index (χ2v) is 7.55. The van der Waals surface area contributed by atoms with Crippen molar-refractivity contribution >= 4 is 27.6 Å². The molecule has 116 valence electrons. The summed E-state index contributed by atoms with van der Waals surface area (Å²) in [7, 11) is -3.84. The summed E-state index contributed by atoms with van der Waals surface area (Å²) in [5.41, 5.74) is 0. The lowest BCUT2D eigenvalue weighted by molar-refractivity contribution is -0.143. The average molecular weight is 332 g/mol. The van der Waals surface area contributed by atoms with Gasteiger partial charge in [-0.25, -0.2) is 8.42 Å². The molecule has 1 aliphatic heterocycles. The van der Waals surface area contributed by atoms with Gasteiger partial charge in [0.15, 0.2) is 0 Å². The first-order valence-corrected chi connectivity index (χ1v) is 8.68. The zero-order valence-corrected chi connectivity index (χ0v) is 13.3. The number of benzene rings is 1. The Morgan fingerprint density at radius 3 is 2.76 bits per heavy atom. The lowest BCUT2D eigenvalue weighted by Gasteiger charge is -2.35. The van der Waals surface area contributed by atoms with Crippen molar-refractivity contribution in [1.82, 2.24) is 4.31 Å². The summed E-state index contributed by atoms with van der Waals surface area (Å²) >= 11 is 5.84. The van der Waals surface area contributed by atoms with E-state index in [2.05, 4.69) is 0 Å². The summed E-state index contributed by atoms with van der Waals surface area (Å²) in [5.74, 6) is -0.851. The maximum atomic E-state index is 12.7. The van der Waals surface area contributed by atoms with Crippen LogP contribution in [0.4, 0.5) is 0 Å². The van der Waals surface area contributed by atoms with Crippen LogP contribution in [0.25, 0.3) is 0 Å². The third-order valence-electron chi connectivity index (χ3n) is 3.93. The highest BCUT2D eigenvalue weighted by molar-refractivity contribution is 7.89. The number of halogens is 1. The summed E-state index contributed by atoms with van der Waals surface area (Å²) in [6, 6.07) is 4.91. The van der Waals surface area contributed by atoms with Gasteiger partial charge in [0.1, 0.15) is 6.04 Å². The molecule has 0 radical (unpaired) electrons. The number of aliphatic carboxylic acids is 1. The van der Waals surface area contributed by atoms with Gasteiger partial charge in [-0.3, -0.25) is 4.79 Å². The van der Waals surface area contributed by atoms with Crippen LogP contribution in [0.1, 0.15) is 26.2 Å². The Balaban J connectivity index is 2.36. The van der Waals surface area contributed by atoms with Gasteiger partial charge in [-0.15, -0.1) is 0 Å². The fourth-order valence-corrected chi connectivity index (χ4v) is 4.57. The van der Waals surface area contributed by atoms with Gasteiger partial charge in [0.2, 0.25) is 10.0 Å². The maximum absolute atomic E-state index is 12.7. The first-order chi connectivity index (χ1) is 9.86. The van der Waals surface area contributed by atoms with Crippen molar-refractivity contribution < 1.29 is 18.3 Å². The van der Waals surface area contributed by atoms with Crippen LogP contribution < -0.4 is 0 Å². The lowest BCUT2D eigenvalue weighted by atomic mass is 9.90. The molecule has 21 heavy (non-hydrogen) atoms. The van der Waals surface area contributed by atoms with Crippen molar-refractivity contribution in [3.05, 3.63) is 29.3 Å². The third-order valence-corrected chi connectivity index (χ3v) is 6.07. The van der Waals surface area contributed by atoms with Crippen molar-refractivity contribution in [2.45, 2.75) is 37.1 Å². The smallest absolute Gasteiger partial charge is 0.322 e. The van der Waals surface area contributed by atoms with Gasteiger partial charge in [0, 0.05) is 11.6 Å². The van der Waals surface area contributed by atoms with Gasteiger partial charge < -0.3 is 5.11 Å². The number of sulfonamides is 1. The molecule has 1 aromatic carbocycles. The van der Waals surface area contributed by atoms with Crippen molar-refractivity contribution in [3.8, 4) is 0 Å². The Kier molecular flexibility index (Phi) is 4.91. The number of carboxylic acid groups (broad SMARTS) is 1. The predicted molar refractivity (Wildman–Crippen MR) is 79.8 cm³/mol. The molecule has 0 bridgehead atoms. The van der Waals surface area contributed by atoms with E-state index in [4.69, 9.17) is 11.6 Å². The molecule has 1 aromatic rings. The zero-order chi connectivity index (χ0) is 15.6. The molecular weight excluding hydrogens is 314 g/mol. The first-order valence-electron chi connectivity index (χ1n) is 6.86. The van der Waals surface area contributed by atoms with E-state index >= 15 is 0 Å². The van der Waals surface area contributed by atoms with Gasteiger partial charge in [-0.1, -0.05) is 31.0 Å². The lowest BCUT2D eigenvalue weighted by Crippen LogP contribution is -2.49. The average Bonchev–Trinajstić information content (AvgIpc) is 2.46. The van der Waals surface area contributed by atoms with Gasteiger partial charge in [0.05, 0.1) is 4.90 Å². The van der Waals surface area contributed by atoms with Crippen LogP contribution in [0.15, 0.2) is 29.2 Å². The minimum Gasteiger partial charge on any atom is -0.480 e. The van der Waals surface area contributed by atoms with Crippen molar-refractivity contribution in [3.63, 3.8) is 0 Å². The van der Waals surface area contributed by atoms with E-state index in [1.54, 1.807) is 12.1 Å². The van der Waals surface area contributed by atoms with Crippen LogP contribution in [0.3, 0.4) is 0 Å². The normalized spacial score (nSPS) is 23.9. The van der Waals surface area contributed by atoms with E-state index in [-0.39, 0.29) is 17.4 Å². The summed E-state index contributed by atoms with van der Waals surface area (Å²) in [6.07, 6.45) is 1.89. The molecule has 7 heteroatoms. The van der Waals surface area contributed by atoms with E-state index in [0.29, 0.717) is 17.9 Å². The van der Waals surface area contributed by atoms with E-state index in [1.807, 2.05) is 6.92 Å². The topological polar surface area (TPSA) is 74.7 Å². The Morgan fingerprint density at radius 2 is 2.19 bits per heavy atom. The van der Waals surface area contributed by atoms with Crippen molar-refractivity contribution in [1.29, 1.82) is 0 Å². The van der Waals surface area contributed by atoms with Crippen LogP contribution in [0, 0.1) is 5.92 Å². The highest BCUT2D eigenvalue weighted by atomic mass is 35.5. The van der Waals surface area contributed by atoms with Crippen LogP contribution in [0.2, 0.25) is 5.02 Å². The Labute approximate surface area is 129 Å². The van der Waals surface area contributed by atoms with E-state index in [0.717, 1.165) is 10.7 Å². The molecule has 5 nitrogen and oxygen atoms in total. The summed E-state index contributed by atoms with van der Waals surface area (Å²) < 4.78 is 26.4. The van der Waals surface area contributed by atoms with Gasteiger partial charge >= 0.3 is 5.97 Å². The minimum atomic E-state index is -3.84. The van der Waals surface area contributed by atoms with E-state index in [9.17, 15) is 18.3 Å². The van der Waals surface area contributed by atoms with Crippen LogP contribution >= 0.6 is 11.6 Å². The Morgan fingerprint density at radius 1 is 1.48 bits per heavy atom. The molecule has 1 saturated heterocycles. The fourth-order valence-electron chi connectivity index (χ4n) is 2.66. The molecule has 2 rings (SSSR count). The first kappa shape index (κ1) is 16.3. The van der Waals surface area contributed by atoms with Gasteiger partial charge in [-0.2, -0.15) is 4.31 Å². The maximum Gasteiger partial charge on any atom is 0.322 e. The molecule has 0 aliphatic carbocycles. The van der Waals surface area contributed by atoms with Crippen molar-refractivity contribution in [2.24, 2.45) is 5.92 Å². The number of hydrogen-bond donors (Lipinski definition) is 1. The minimum absolute atomic E-state index is 0.0381. The SMILES string of the molecule is CCC1CCN(S(=O)(=O)c2cccc(Cl)c2)C(C(=O)O)C1. The largest absolute Gasteiger partial charge is 0.480 e. The molecule has 0 spiro atoms. The summed E-state index contributed by atoms with van der Waals surface area (Å²) in [5, 5.41) is 9.67. The number of rotatable bonds is 4. The number of carboxylic acids is 1. The molecular formula is C14H18ClNO4S. The van der Waals surface area contributed by atoms with E-state index < -0.39 is 22.0 Å². The number of hydrogen-bond acceptors (Lipinski definition) is 3. The molecule has 0 amide bonds. The zero-order valence-electron chi connectivity index (χ0n) is 11.7.